The number of nitrogens with one attached hydrogen (secondary N) is 1. The average molecular weight is 363 g/mol. The number of carbonyl (C=O) groups is 1. The molecule has 140 valence electrons. The maximum absolute atomic E-state index is 12.1. The molecule has 26 heavy (non-hydrogen) atoms. The van der Waals surface area contributed by atoms with Crippen molar-refractivity contribution in [2.75, 3.05) is 13.3 Å². The second-order valence-corrected chi connectivity index (χ2v) is 6.05. The standard InChI is InChI=1S/C17H21N3O6/c1-10-4-2-3-5-11(10)17(24)26-19-13-6-7-20(9-18-13)16-15(23)14(22)12(8-21)25-16/h2-7,12,14-16,21-23H,8-9H2,1H3,(H,18,19)/t12-,14-,15-,16-/m1/s1. The Kier molecular flexibility index (Phi) is 5.52. The first-order valence-corrected chi connectivity index (χ1v) is 8.15. The fourth-order valence-corrected chi connectivity index (χ4v) is 2.77. The van der Waals surface area contributed by atoms with Gasteiger partial charge in [-0.25, -0.2) is 15.3 Å². The van der Waals surface area contributed by atoms with Crippen molar-refractivity contribution in [1.29, 1.82) is 0 Å². The molecule has 2 aliphatic heterocycles. The maximum Gasteiger partial charge on any atom is 0.363 e. The van der Waals surface area contributed by atoms with Crippen LogP contribution in [0.2, 0.25) is 0 Å². The SMILES string of the molecule is Cc1ccccc1C(=O)ONC1=NCN([C@@H]2O[C@H](CO)[C@@H](O)[C@H]2O)C=C1. The molecule has 4 atom stereocenters. The minimum Gasteiger partial charge on any atom is -0.394 e. The number of hydrogen-bond donors (Lipinski definition) is 4. The molecule has 1 aromatic rings. The summed E-state index contributed by atoms with van der Waals surface area (Å²) in [6, 6.07) is 7.06. The fourth-order valence-electron chi connectivity index (χ4n) is 2.77. The second-order valence-electron chi connectivity index (χ2n) is 6.05. The van der Waals surface area contributed by atoms with E-state index in [1.165, 1.54) is 0 Å². The Morgan fingerprint density at radius 2 is 2.15 bits per heavy atom. The zero-order valence-corrected chi connectivity index (χ0v) is 14.1. The average Bonchev–Trinajstić information content (AvgIpc) is 2.95. The highest BCUT2D eigenvalue weighted by Gasteiger charge is 2.44. The summed E-state index contributed by atoms with van der Waals surface area (Å²) in [5.74, 6) is -0.194. The van der Waals surface area contributed by atoms with Gasteiger partial charge in [0.05, 0.1) is 12.2 Å². The number of aryl methyl sites for hydroxylation is 1. The van der Waals surface area contributed by atoms with Crippen molar-refractivity contribution in [3.8, 4) is 0 Å². The molecule has 1 aromatic carbocycles. The maximum atomic E-state index is 12.1. The number of nitrogens with zero attached hydrogens (tertiary/aromatic N) is 2. The molecule has 3 rings (SSSR count). The fraction of sp³-hybridized carbons (Fsp3) is 0.412. The Bertz CT molecular complexity index is 722. The van der Waals surface area contributed by atoms with Crippen LogP contribution in [0.1, 0.15) is 15.9 Å². The van der Waals surface area contributed by atoms with Crippen LogP contribution in [0, 0.1) is 6.92 Å². The van der Waals surface area contributed by atoms with Crippen molar-refractivity contribution >= 4 is 11.8 Å². The molecule has 9 heteroatoms. The van der Waals surface area contributed by atoms with Crippen molar-refractivity contribution < 1.29 is 29.7 Å². The van der Waals surface area contributed by atoms with E-state index in [4.69, 9.17) is 14.7 Å². The van der Waals surface area contributed by atoms with E-state index in [2.05, 4.69) is 10.5 Å². The normalized spacial score (nSPS) is 28.0. The van der Waals surface area contributed by atoms with Gasteiger partial charge in [-0.05, 0) is 24.6 Å². The van der Waals surface area contributed by atoms with Crippen molar-refractivity contribution in [2.24, 2.45) is 4.99 Å². The van der Waals surface area contributed by atoms with Gasteiger partial charge >= 0.3 is 5.97 Å². The molecule has 4 N–H and O–H groups in total. The zero-order valence-electron chi connectivity index (χ0n) is 14.1. The van der Waals surface area contributed by atoms with Crippen LogP contribution in [0.15, 0.2) is 41.5 Å². The number of aliphatic hydroxyl groups excluding tert-OH is 3. The van der Waals surface area contributed by atoms with E-state index in [1.54, 1.807) is 29.3 Å². The van der Waals surface area contributed by atoms with E-state index in [-0.39, 0.29) is 6.67 Å². The Morgan fingerprint density at radius 3 is 2.77 bits per heavy atom. The monoisotopic (exact) mass is 363 g/mol. The van der Waals surface area contributed by atoms with Gasteiger partial charge in [0.25, 0.3) is 0 Å². The van der Waals surface area contributed by atoms with Crippen LogP contribution in [0.5, 0.6) is 0 Å². The topological polar surface area (TPSA) is 124 Å². The molecule has 9 nitrogen and oxygen atoms in total. The molecule has 0 unspecified atom stereocenters. The lowest BCUT2D eigenvalue weighted by atomic mass is 10.1. The highest BCUT2D eigenvalue weighted by molar-refractivity contribution is 5.95. The predicted molar refractivity (Wildman–Crippen MR) is 90.8 cm³/mol. The van der Waals surface area contributed by atoms with Crippen LogP contribution in [-0.2, 0) is 9.57 Å². The molecular formula is C17H21N3O6. The second kappa shape index (κ2) is 7.83. The number of rotatable bonds is 3. The molecule has 0 aliphatic carbocycles. The van der Waals surface area contributed by atoms with Crippen LogP contribution in [0.4, 0.5) is 0 Å². The first kappa shape index (κ1) is 18.3. The van der Waals surface area contributed by atoms with Gasteiger partial charge in [0.15, 0.2) is 12.1 Å². The number of hydrogen-bond acceptors (Lipinski definition) is 9. The van der Waals surface area contributed by atoms with E-state index in [0.29, 0.717) is 11.4 Å². The van der Waals surface area contributed by atoms with Crippen LogP contribution >= 0.6 is 0 Å². The summed E-state index contributed by atoms with van der Waals surface area (Å²) in [6.45, 7) is 1.54. The third-order valence-electron chi connectivity index (χ3n) is 4.29. The number of aliphatic imine (C=N–C) groups is 1. The Hall–Kier alpha value is -2.46. The highest BCUT2D eigenvalue weighted by atomic mass is 16.7. The van der Waals surface area contributed by atoms with Gasteiger partial charge in [0.1, 0.15) is 25.0 Å². The molecule has 0 bridgehead atoms. The Labute approximate surface area is 150 Å². The first-order chi connectivity index (χ1) is 12.5. The van der Waals surface area contributed by atoms with Crippen LogP contribution < -0.4 is 5.48 Å². The number of amidine groups is 1. The third-order valence-corrected chi connectivity index (χ3v) is 4.29. The molecule has 0 spiro atoms. The number of ether oxygens (including phenoxy) is 1. The van der Waals surface area contributed by atoms with Gasteiger partial charge in [-0.1, -0.05) is 18.2 Å². The van der Waals surface area contributed by atoms with Crippen LogP contribution in [-0.4, -0.2) is 69.8 Å². The van der Waals surface area contributed by atoms with Gasteiger partial charge in [-0.15, -0.1) is 0 Å². The molecule has 1 fully saturated rings. The Morgan fingerprint density at radius 1 is 1.38 bits per heavy atom. The lowest BCUT2D eigenvalue weighted by Crippen LogP contribution is -2.43. The summed E-state index contributed by atoms with van der Waals surface area (Å²) in [5.41, 5.74) is 3.75. The number of benzene rings is 1. The van der Waals surface area contributed by atoms with E-state index in [9.17, 15) is 15.0 Å². The largest absolute Gasteiger partial charge is 0.394 e. The predicted octanol–water partition coefficient (Wildman–Crippen LogP) is -0.719. The highest BCUT2D eigenvalue weighted by Crippen LogP contribution is 2.24. The van der Waals surface area contributed by atoms with Gasteiger partial charge in [0.2, 0.25) is 0 Å². The number of aliphatic hydroxyl groups is 3. The van der Waals surface area contributed by atoms with Gasteiger partial charge in [0, 0.05) is 6.20 Å². The quantitative estimate of drug-likeness (QED) is 0.519. The number of carbonyl (C=O) groups excluding carboxylic acids is 1. The van der Waals surface area contributed by atoms with Crippen molar-refractivity contribution in [3.05, 3.63) is 47.7 Å². The first-order valence-electron chi connectivity index (χ1n) is 8.15. The molecule has 0 saturated carbocycles. The molecule has 1 saturated heterocycles. The van der Waals surface area contributed by atoms with Crippen molar-refractivity contribution in [2.45, 2.75) is 31.5 Å². The number of hydroxylamine groups is 1. The molecule has 2 heterocycles. The third kappa shape index (κ3) is 3.70. The molecule has 2 aliphatic rings. The smallest absolute Gasteiger partial charge is 0.363 e. The van der Waals surface area contributed by atoms with E-state index in [0.717, 1.165) is 5.56 Å². The van der Waals surface area contributed by atoms with E-state index in [1.807, 2.05) is 19.1 Å². The van der Waals surface area contributed by atoms with Crippen LogP contribution in [0.3, 0.4) is 0 Å². The minimum atomic E-state index is -1.17. The summed E-state index contributed by atoms with van der Waals surface area (Å²) in [4.78, 5) is 22.8. The minimum absolute atomic E-state index is 0.118. The molecular weight excluding hydrogens is 342 g/mol. The van der Waals surface area contributed by atoms with Crippen molar-refractivity contribution in [3.63, 3.8) is 0 Å². The van der Waals surface area contributed by atoms with E-state index >= 15 is 0 Å². The zero-order chi connectivity index (χ0) is 18.7. The Balaban J connectivity index is 1.53. The summed E-state index contributed by atoms with van der Waals surface area (Å²) in [7, 11) is 0. The van der Waals surface area contributed by atoms with E-state index < -0.39 is 37.1 Å². The lowest BCUT2D eigenvalue weighted by molar-refractivity contribution is -0.0792. The molecule has 0 amide bonds. The van der Waals surface area contributed by atoms with Gasteiger partial charge < -0.3 is 29.8 Å². The summed E-state index contributed by atoms with van der Waals surface area (Å²) in [6.07, 6.45) is -0.863. The van der Waals surface area contributed by atoms with Gasteiger partial charge in [-0.2, -0.15) is 0 Å². The lowest BCUT2D eigenvalue weighted by Gasteiger charge is -2.29. The van der Waals surface area contributed by atoms with Crippen molar-refractivity contribution in [1.82, 2.24) is 10.4 Å². The summed E-state index contributed by atoms with van der Waals surface area (Å²) < 4.78 is 5.43. The molecule has 0 radical (unpaired) electrons. The molecule has 0 aromatic heterocycles. The van der Waals surface area contributed by atoms with Gasteiger partial charge in [-0.3, -0.25) is 0 Å². The summed E-state index contributed by atoms with van der Waals surface area (Å²) >= 11 is 0. The van der Waals surface area contributed by atoms with Crippen LogP contribution in [0.25, 0.3) is 0 Å². The summed E-state index contributed by atoms with van der Waals surface area (Å²) in [5, 5.41) is 28.9.